The zero-order chi connectivity index (χ0) is 13.0. The first-order chi connectivity index (χ1) is 8.70. The lowest BCUT2D eigenvalue weighted by Crippen LogP contribution is -2.35. The van der Waals surface area contributed by atoms with E-state index in [2.05, 4.69) is 6.92 Å². The molecule has 4 heteroatoms. The van der Waals surface area contributed by atoms with Crippen molar-refractivity contribution in [1.29, 1.82) is 0 Å². The van der Waals surface area contributed by atoms with Gasteiger partial charge in [-0.2, -0.15) is 0 Å². The zero-order valence-corrected chi connectivity index (χ0v) is 11.4. The Bertz CT molecular complexity index is 422. The van der Waals surface area contributed by atoms with Crippen LogP contribution in [0.4, 0.5) is 0 Å². The first-order valence-corrected chi connectivity index (χ1v) is 7.44. The molecule has 1 unspecified atom stereocenters. The van der Waals surface area contributed by atoms with Crippen molar-refractivity contribution in [2.24, 2.45) is 0 Å². The number of phenols is 1. The van der Waals surface area contributed by atoms with E-state index in [1.165, 1.54) is 0 Å². The summed E-state index contributed by atoms with van der Waals surface area (Å²) in [5, 5.41) is 9.75. The van der Waals surface area contributed by atoms with Crippen molar-refractivity contribution >= 4 is 17.7 Å². The van der Waals surface area contributed by atoms with E-state index < -0.39 is 0 Å². The van der Waals surface area contributed by atoms with Crippen LogP contribution in [0.2, 0.25) is 0 Å². The molecule has 1 saturated heterocycles. The lowest BCUT2D eigenvalue weighted by Gasteiger charge is -2.23. The Balaban J connectivity index is 1.99. The van der Waals surface area contributed by atoms with Crippen molar-refractivity contribution < 1.29 is 9.90 Å². The van der Waals surface area contributed by atoms with Gasteiger partial charge in [0.1, 0.15) is 5.75 Å². The molecule has 0 bridgehead atoms. The highest BCUT2D eigenvalue weighted by Gasteiger charge is 2.28. The molecule has 98 valence electrons. The zero-order valence-electron chi connectivity index (χ0n) is 10.6. The monoisotopic (exact) mass is 265 g/mol. The number of amides is 1. The van der Waals surface area contributed by atoms with Gasteiger partial charge in [0, 0.05) is 12.3 Å². The fourth-order valence-electron chi connectivity index (χ4n) is 2.24. The van der Waals surface area contributed by atoms with Gasteiger partial charge >= 0.3 is 0 Å². The third-order valence-corrected chi connectivity index (χ3v) is 4.41. The summed E-state index contributed by atoms with van der Waals surface area (Å²) < 4.78 is 0. The van der Waals surface area contributed by atoms with E-state index in [1.54, 1.807) is 18.2 Å². The van der Waals surface area contributed by atoms with Gasteiger partial charge in [-0.1, -0.05) is 25.5 Å². The molecule has 1 fully saturated rings. The Kier molecular flexibility index (Phi) is 4.53. The van der Waals surface area contributed by atoms with E-state index in [4.69, 9.17) is 0 Å². The summed E-state index contributed by atoms with van der Waals surface area (Å²) in [6, 6.07) is 6.95. The van der Waals surface area contributed by atoms with Crippen LogP contribution in [0.5, 0.6) is 5.75 Å². The highest BCUT2D eigenvalue weighted by atomic mass is 32.2. The Labute approximate surface area is 112 Å². The minimum absolute atomic E-state index is 0.170. The second-order valence-corrected chi connectivity index (χ2v) is 5.83. The Morgan fingerprint density at radius 2 is 2.39 bits per heavy atom. The molecule has 3 nitrogen and oxygen atoms in total. The van der Waals surface area contributed by atoms with Gasteiger partial charge in [-0.05, 0) is 24.1 Å². The quantitative estimate of drug-likeness (QED) is 0.910. The van der Waals surface area contributed by atoms with Gasteiger partial charge in [-0.3, -0.25) is 4.79 Å². The van der Waals surface area contributed by atoms with E-state index in [-0.39, 0.29) is 11.7 Å². The van der Waals surface area contributed by atoms with Crippen LogP contribution < -0.4 is 0 Å². The Morgan fingerprint density at radius 1 is 1.56 bits per heavy atom. The number of phenolic OH excluding ortho intramolecular Hbond substituents is 1. The fourth-order valence-corrected chi connectivity index (χ4v) is 3.61. The molecule has 18 heavy (non-hydrogen) atoms. The fraction of sp³-hybridized carbons (Fsp3) is 0.500. The number of carbonyl (C=O) groups excluding carboxylic acids is 1. The predicted molar refractivity (Wildman–Crippen MR) is 74.7 cm³/mol. The van der Waals surface area contributed by atoms with Gasteiger partial charge in [0.05, 0.1) is 11.8 Å². The Hall–Kier alpha value is -1.16. The third-order valence-electron chi connectivity index (χ3n) is 3.11. The molecule has 1 aromatic rings. The number of benzene rings is 1. The maximum absolute atomic E-state index is 12.2. The van der Waals surface area contributed by atoms with Gasteiger partial charge < -0.3 is 10.0 Å². The van der Waals surface area contributed by atoms with Gasteiger partial charge in [0.15, 0.2) is 0 Å². The third kappa shape index (κ3) is 3.19. The van der Waals surface area contributed by atoms with Crippen LogP contribution in [0, 0.1) is 0 Å². The number of rotatable bonds is 4. The summed E-state index contributed by atoms with van der Waals surface area (Å²) >= 11 is 1.87. The van der Waals surface area contributed by atoms with E-state index in [0.29, 0.717) is 11.8 Å². The van der Waals surface area contributed by atoms with Crippen LogP contribution in [0.3, 0.4) is 0 Å². The number of hydrogen-bond acceptors (Lipinski definition) is 3. The van der Waals surface area contributed by atoms with Crippen molar-refractivity contribution in [2.45, 2.75) is 31.6 Å². The predicted octanol–water partition coefficient (Wildman–Crippen LogP) is 2.64. The number of nitrogens with zero attached hydrogens (tertiary/aromatic N) is 1. The molecule has 0 saturated carbocycles. The van der Waals surface area contributed by atoms with E-state index in [1.807, 2.05) is 22.7 Å². The van der Waals surface area contributed by atoms with Crippen molar-refractivity contribution in [3.63, 3.8) is 0 Å². The molecule has 2 rings (SSSR count). The number of carbonyl (C=O) groups is 1. The molecule has 1 N–H and O–H groups in total. The van der Waals surface area contributed by atoms with Crippen molar-refractivity contribution in [3.8, 4) is 5.75 Å². The second-order valence-electron chi connectivity index (χ2n) is 4.55. The SMILES string of the molecule is CCCC1SCCN1C(=O)Cc1cccc(O)c1. The molecule has 0 radical (unpaired) electrons. The average Bonchev–Trinajstić information content (AvgIpc) is 2.78. The summed E-state index contributed by atoms with van der Waals surface area (Å²) in [7, 11) is 0. The van der Waals surface area contributed by atoms with Crippen LogP contribution in [-0.4, -0.2) is 33.6 Å². The molecular weight excluding hydrogens is 246 g/mol. The standard InChI is InChI=1S/C14H19NO2S/c1-2-4-14-15(7-8-18-14)13(17)10-11-5-3-6-12(16)9-11/h3,5-6,9,14,16H,2,4,7-8,10H2,1H3. The van der Waals surface area contributed by atoms with Crippen molar-refractivity contribution in [3.05, 3.63) is 29.8 Å². The topological polar surface area (TPSA) is 40.5 Å². The van der Waals surface area contributed by atoms with E-state index in [0.717, 1.165) is 30.7 Å². The van der Waals surface area contributed by atoms with Crippen molar-refractivity contribution in [1.82, 2.24) is 4.90 Å². The maximum atomic E-state index is 12.2. The number of hydrogen-bond donors (Lipinski definition) is 1. The molecule has 0 aliphatic carbocycles. The van der Waals surface area contributed by atoms with E-state index >= 15 is 0 Å². The van der Waals surface area contributed by atoms with Crippen molar-refractivity contribution in [2.75, 3.05) is 12.3 Å². The Morgan fingerprint density at radius 3 is 3.11 bits per heavy atom. The average molecular weight is 265 g/mol. The highest BCUT2D eigenvalue weighted by molar-refractivity contribution is 8.00. The minimum Gasteiger partial charge on any atom is -0.508 e. The van der Waals surface area contributed by atoms with Gasteiger partial charge in [-0.15, -0.1) is 11.8 Å². The molecule has 1 heterocycles. The summed E-state index contributed by atoms with van der Waals surface area (Å²) in [6.45, 7) is 3.00. The lowest BCUT2D eigenvalue weighted by molar-refractivity contribution is -0.130. The molecule has 1 atom stereocenters. The first kappa shape index (κ1) is 13.3. The van der Waals surface area contributed by atoms with Crippen LogP contribution in [-0.2, 0) is 11.2 Å². The van der Waals surface area contributed by atoms with E-state index in [9.17, 15) is 9.90 Å². The summed E-state index contributed by atoms with van der Waals surface area (Å²) in [6.07, 6.45) is 2.55. The molecule has 1 aliphatic rings. The molecule has 1 aliphatic heterocycles. The number of thioether (sulfide) groups is 1. The molecule has 0 aromatic heterocycles. The van der Waals surface area contributed by atoms with Gasteiger partial charge in [-0.25, -0.2) is 0 Å². The molecule has 0 spiro atoms. The highest BCUT2D eigenvalue weighted by Crippen LogP contribution is 2.28. The van der Waals surface area contributed by atoms with Crippen LogP contribution in [0.25, 0.3) is 0 Å². The lowest BCUT2D eigenvalue weighted by atomic mass is 10.1. The molecule has 1 aromatic carbocycles. The summed E-state index contributed by atoms with van der Waals surface area (Å²) in [5.41, 5.74) is 0.882. The largest absolute Gasteiger partial charge is 0.508 e. The van der Waals surface area contributed by atoms with Crippen LogP contribution in [0.15, 0.2) is 24.3 Å². The first-order valence-electron chi connectivity index (χ1n) is 6.39. The second kappa shape index (κ2) is 6.14. The minimum atomic E-state index is 0.170. The summed E-state index contributed by atoms with van der Waals surface area (Å²) in [4.78, 5) is 14.2. The van der Waals surface area contributed by atoms with Gasteiger partial charge in [0.2, 0.25) is 5.91 Å². The van der Waals surface area contributed by atoms with Crippen LogP contribution in [0.1, 0.15) is 25.3 Å². The normalized spacial score (nSPS) is 19.2. The number of aromatic hydroxyl groups is 1. The van der Waals surface area contributed by atoms with Gasteiger partial charge in [0.25, 0.3) is 0 Å². The molecule has 1 amide bonds. The smallest absolute Gasteiger partial charge is 0.227 e. The molecular formula is C14H19NO2S. The maximum Gasteiger partial charge on any atom is 0.227 e. The summed E-state index contributed by atoms with van der Waals surface area (Å²) in [5.74, 6) is 1.43. The van der Waals surface area contributed by atoms with Crippen LogP contribution >= 0.6 is 11.8 Å².